The van der Waals surface area contributed by atoms with E-state index in [1.54, 1.807) is 18.5 Å². The second-order valence-electron chi connectivity index (χ2n) is 1.96. The van der Waals surface area contributed by atoms with Crippen LogP contribution in [0.25, 0.3) is 12.3 Å². The van der Waals surface area contributed by atoms with Crippen molar-refractivity contribution in [2.45, 2.75) is 0 Å². The number of hydrogen-bond acceptors (Lipinski definition) is 2. The number of aliphatic imine (C=N–C) groups is 1. The molecule has 2 heteroatoms. The molecule has 0 atom stereocenters. The molecule has 2 rings (SSSR count). The van der Waals surface area contributed by atoms with E-state index in [4.69, 9.17) is 4.42 Å². The van der Waals surface area contributed by atoms with Crippen molar-refractivity contribution in [3.8, 4) is 0 Å². The number of nitrogens with zero attached hydrogens (tertiary/aromatic N) is 1. The molecule has 0 saturated heterocycles. The maximum Gasteiger partial charge on any atom is 0.152 e. The summed E-state index contributed by atoms with van der Waals surface area (Å²) in [5.74, 6) is 2.71. The summed E-state index contributed by atoms with van der Waals surface area (Å²) in [6.07, 6.45) is 6.96. The molecule has 1 aromatic rings. The lowest BCUT2D eigenvalue weighted by atomic mass is 10.4. The summed E-state index contributed by atoms with van der Waals surface area (Å²) in [5.41, 5.74) is 0.793. The normalized spacial score (nSPS) is 13.2. The van der Waals surface area contributed by atoms with Crippen LogP contribution in [0.15, 0.2) is 27.8 Å². The Kier molecular flexibility index (Phi) is 1.06. The third kappa shape index (κ3) is 0.714. The minimum atomic E-state index is 0.793. The zero-order valence-corrected chi connectivity index (χ0v) is 5.24. The lowest BCUT2D eigenvalue weighted by molar-refractivity contribution is 0.530. The Morgan fingerprint density at radius 3 is 3.50 bits per heavy atom. The van der Waals surface area contributed by atoms with Crippen LogP contribution in [0.3, 0.4) is 0 Å². The first-order chi connectivity index (χ1) is 4.97. The van der Waals surface area contributed by atoms with Crippen LogP contribution in [0.4, 0.5) is 0 Å². The molecular weight excluding hydrogens is 126 g/mol. The highest BCUT2D eigenvalue weighted by molar-refractivity contribution is 5.66. The third-order valence-electron chi connectivity index (χ3n) is 1.32. The molecule has 0 fully saturated rings. The van der Waals surface area contributed by atoms with Crippen molar-refractivity contribution >= 4 is 18.1 Å². The van der Waals surface area contributed by atoms with E-state index in [2.05, 4.69) is 10.9 Å². The highest BCUT2D eigenvalue weighted by atomic mass is 16.3. The third-order valence-corrected chi connectivity index (χ3v) is 1.32. The Balaban J connectivity index is 2.94. The van der Waals surface area contributed by atoms with Gasteiger partial charge in [-0.3, -0.25) is 0 Å². The van der Waals surface area contributed by atoms with E-state index in [1.165, 1.54) is 0 Å². The average molecular weight is 131 g/mol. The van der Waals surface area contributed by atoms with Crippen molar-refractivity contribution in [3.63, 3.8) is 0 Å². The Morgan fingerprint density at radius 1 is 1.50 bits per heavy atom. The van der Waals surface area contributed by atoms with Crippen molar-refractivity contribution in [1.82, 2.24) is 0 Å². The first-order valence-electron chi connectivity index (χ1n) is 2.99. The standard InChI is InChI=1S/C8H5NO/c1-2-7-3-5-10-8(7)6-9-4-1/h1-3,5-6H. The van der Waals surface area contributed by atoms with Crippen LogP contribution < -0.4 is 10.6 Å². The fraction of sp³-hybridized carbons (Fsp3) is 0. The van der Waals surface area contributed by atoms with Gasteiger partial charge in [0.05, 0.1) is 12.5 Å². The van der Waals surface area contributed by atoms with Gasteiger partial charge in [-0.05, 0) is 18.0 Å². The van der Waals surface area contributed by atoms with Gasteiger partial charge in [-0.1, -0.05) is 0 Å². The molecule has 2 heterocycles. The van der Waals surface area contributed by atoms with E-state index in [0.29, 0.717) is 0 Å². The van der Waals surface area contributed by atoms with E-state index in [9.17, 15) is 0 Å². The van der Waals surface area contributed by atoms with Gasteiger partial charge in [0, 0.05) is 11.3 Å². The quantitative estimate of drug-likeness (QED) is 0.488. The maximum absolute atomic E-state index is 5.10. The smallest absolute Gasteiger partial charge is 0.152 e. The molecular formula is C8H5NO. The number of furan rings is 1. The summed E-state index contributed by atoms with van der Waals surface area (Å²) in [6.45, 7) is 0. The van der Waals surface area contributed by atoms with Crippen LogP contribution in [0.1, 0.15) is 0 Å². The van der Waals surface area contributed by atoms with Gasteiger partial charge in [-0.25, -0.2) is 4.99 Å². The number of allylic oxidation sites excluding steroid dienone is 1. The Morgan fingerprint density at radius 2 is 2.50 bits per heavy atom. The van der Waals surface area contributed by atoms with Gasteiger partial charge < -0.3 is 4.42 Å². The van der Waals surface area contributed by atoms with Crippen LogP contribution in [0.2, 0.25) is 0 Å². The van der Waals surface area contributed by atoms with E-state index >= 15 is 0 Å². The van der Waals surface area contributed by atoms with Crippen molar-refractivity contribution in [2.24, 2.45) is 4.99 Å². The van der Waals surface area contributed by atoms with Crippen molar-refractivity contribution < 1.29 is 4.42 Å². The SMILES string of the molecule is C1=CC=c2ccoc2=CN=1. The summed E-state index contributed by atoms with van der Waals surface area (Å²) in [6, 6.07) is 1.89. The first kappa shape index (κ1) is 5.27. The summed E-state index contributed by atoms with van der Waals surface area (Å²) in [7, 11) is 0. The van der Waals surface area contributed by atoms with Crippen LogP contribution in [-0.2, 0) is 0 Å². The Bertz CT molecular complexity index is 370. The van der Waals surface area contributed by atoms with Crippen molar-refractivity contribution in [3.05, 3.63) is 29.0 Å². The van der Waals surface area contributed by atoms with Crippen molar-refractivity contribution in [1.29, 1.82) is 0 Å². The lowest BCUT2D eigenvalue weighted by Gasteiger charge is -1.69. The average Bonchev–Trinajstić information content (AvgIpc) is 2.28. The second kappa shape index (κ2) is 2.01. The van der Waals surface area contributed by atoms with Crippen molar-refractivity contribution in [2.75, 3.05) is 0 Å². The van der Waals surface area contributed by atoms with E-state index < -0.39 is 0 Å². The molecule has 0 aliphatic carbocycles. The van der Waals surface area contributed by atoms with Gasteiger partial charge in [-0.2, -0.15) is 0 Å². The molecule has 1 aliphatic rings. The molecule has 2 nitrogen and oxygen atoms in total. The minimum Gasteiger partial charge on any atom is -0.463 e. The highest BCUT2D eigenvalue weighted by Crippen LogP contribution is 1.76. The minimum absolute atomic E-state index is 0.793. The van der Waals surface area contributed by atoms with Gasteiger partial charge in [0.2, 0.25) is 0 Å². The Labute approximate surface area is 57.5 Å². The number of rotatable bonds is 0. The zero-order chi connectivity index (χ0) is 6.81. The first-order valence-corrected chi connectivity index (χ1v) is 2.99. The largest absolute Gasteiger partial charge is 0.463 e. The maximum atomic E-state index is 5.10. The van der Waals surface area contributed by atoms with Gasteiger partial charge >= 0.3 is 0 Å². The molecule has 0 aromatic carbocycles. The summed E-state index contributed by atoms with van der Waals surface area (Å²) in [4.78, 5) is 3.83. The zero-order valence-electron chi connectivity index (χ0n) is 5.24. The summed E-state index contributed by atoms with van der Waals surface area (Å²) in [5, 5.41) is 1.05. The monoisotopic (exact) mass is 131 g/mol. The fourth-order valence-corrected chi connectivity index (χ4v) is 0.839. The van der Waals surface area contributed by atoms with Gasteiger partial charge in [0.1, 0.15) is 0 Å². The molecule has 0 bridgehead atoms. The fourth-order valence-electron chi connectivity index (χ4n) is 0.839. The predicted octanol–water partition coefficient (Wildman–Crippen LogP) is 0.0376. The highest BCUT2D eigenvalue weighted by Gasteiger charge is 1.86. The molecule has 10 heavy (non-hydrogen) atoms. The second-order valence-corrected chi connectivity index (χ2v) is 1.96. The van der Waals surface area contributed by atoms with Gasteiger partial charge in [0.25, 0.3) is 0 Å². The van der Waals surface area contributed by atoms with Gasteiger partial charge in [0.15, 0.2) is 5.42 Å². The molecule has 1 aromatic heterocycles. The summed E-state index contributed by atoms with van der Waals surface area (Å²) >= 11 is 0. The molecule has 48 valence electrons. The predicted molar refractivity (Wildman–Crippen MR) is 38.9 cm³/mol. The molecule has 0 amide bonds. The lowest BCUT2D eigenvalue weighted by Crippen LogP contribution is -2.17. The Hall–Kier alpha value is -1.53. The van der Waals surface area contributed by atoms with Crippen LogP contribution in [0.5, 0.6) is 0 Å². The van der Waals surface area contributed by atoms with Crippen LogP contribution in [0, 0.1) is 0 Å². The molecule has 0 unspecified atom stereocenters. The molecule has 0 spiro atoms. The molecule has 1 aliphatic heterocycles. The number of hydrogen-bond donors (Lipinski definition) is 0. The van der Waals surface area contributed by atoms with E-state index in [1.807, 2.05) is 12.1 Å². The summed E-state index contributed by atoms with van der Waals surface area (Å²) < 4.78 is 5.10. The molecule has 0 N–H and O–H groups in total. The topological polar surface area (TPSA) is 25.5 Å². The number of fused-ring (bicyclic) bond motifs is 1. The molecule has 0 saturated carbocycles. The van der Waals surface area contributed by atoms with Crippen LogP contribution in [-0.4, -0.2) is 5.87 Å². The molecule has 0 radical (unpaired) electrons. The van der Waals surface area contributed by atoms with E-state index in [0.717, 1.165) is 10.6 Å². The van der Waals surface area contributed by atoms with Crippen LogP contribution >= 0.6 is 0 Å². The van der Waals surface area contributed by atoms with Gasteiger partial charge in [-0.15, -0.1) is 0 Å². The van der Waals surface area contributed by atoms with E-state index in [-0.39, 0.29) is 0 Å².